The van der Waals surface area contributed by atoms with Crippen LogP contribution in [0.15, 0.2) is 48.5 Å². The molecule has 1 N–H and O–H groups in total. The molecule has 2 heterocycles. The van der Waals surface area contributed by atoms with Crippen LogP contribution in [0.4, 0.5) is 26.3 Å². The van der Waals surface area contributed by atoms with Crippen LogP contribution in [-0.4, -0.2) is 42.9 Å². The smallest absolute Gasteiger partial charge is 0.312 e. The first-order chi connectivity index (χ1) is 15.0. The number of piperidine rings is 1. The zero-order chi connectivity index (χ0) is 23.1. The number of likely N-dealkylation sites (tertiary alicyclic amines) is 1. The van der Waals surface area contributed by atoms with Crippen molar-refractivity contribution >= 4 is 0 Å². The number of hydrogen-bond acceptors (Lipinski definition) is 2. The van der Waals surface area contributed by atoms with E-state index < -0.39 is 29.7 Å². The first kappa shape index (κ1) is 23.1. The van der Waals surface area contributed by atoms with Gasteiger partial charge in [0.25, 0.3) is 0 Å². The van der Waals surface area contributed by atoms with Crippen molar-refractivity contribution in [3.8, 4) is 11.1 Å². The van der Waals surface area contributed by atoms with Gasteiger partial charge in [0.15, 0.2) is 5.92 Å². The van der Waals surface area contributed by atoms with E-state index in [4.69, 9.17) is 0 Å². The Kier molecular flexibility index (Phi) is 6.05. The highest BCUT2D eigenvalue weighted by Gasteiger charge is 2.67. The fourth-order valence-corrected chi connectivity index (χ4v) is 5.11. The van der Waals surface area contributed by atoms with Gasteiger partial charge in [-0.15, -0.1) is 0 Å². The number of rotatable bonds is 4. The monoisotopic (exact) mass is 456 g/mol. The zero-order valence-corrected chi connectivity index (χ0v) is 17.7. The molecule has 1 atom stereocenters. The van der Waals surface area contributed by atoms with E-state index >= 15 is 0 Å². The van der Waals surface area contributed by atoms with Gasteiger partial charge in [-0.05, 0) is 55.1 Å². The molecule has 0 bridgehead atoms. The van der Waals surface area contributed by atoms with Crippen LogP contribution >= 0.6 is 0 Å². The van der Waals surface area contributed by atoms with Crippen molar-refractivity contribution in [1.29, 1.82) is 0 Å². The fraction of sp³-hybridized carbons (Fsp3) is 0.500. The van der Waals surface area contributed by atoms with Crippen LogP contribution in [0.25, 0.3) is 11.1 Å². The molecular formula is C24H26F6N2. The Labute approximate surface area is 183 Å². The molecule has 2 aliphatic rings. The summed E-state index contributed by atoms with van der Waals surface area (Å²) in [7, 11) is 0. The number of nitrogens with zero attached hydrogens (tertiary/aromatic N) is 1. The molecule has 0 radical (unpaired) electrons. The van der Waals surface area contributed by atoms with E-state index in [0.717, 1.165) is 22.3 Å². The molecule has 0 saturated carbocycles. The molecule has 0 aromatic heterocycles. The van der Waals surface area contributed by atoms with Crippen molar-refractivity contribution in [3.05, 3.63) is 59.7 Å². The SMILES string of the molecule is Cc1cc(-c2ccccc2)ccc1CN1CCC2(CC1)CNC2C(C(F)(F)F)C(F)(F)F. The second-order valence-corrected chi connectivity index (χ2v) is 9.07. The molecule has 2 fully saturated rings. The van der Waals surface area contributed by atoms with Gasteiger partial charge in [0.1, 0.15) is 0 Å². The number of halogens is 6. The maximum atomic E-state index is 13.2. The van der Waals surface area contributed by atoms with Gasteiger partial charge < -0.3 is 5.32 Å². The molecule has 0 aliphatic carbocycles. The Hall–Kier alpha value is -2.06. The molecule has 1 spiro atoms. The lowest BCUT2D eigenvalue weighted by Crippen LogP contribution is -2.72. The van der Waals surface area contributed by atoms with Crippen LogP contribution in [0.5, 0.6) is 0 Å². The van der Waals surface area contributed by atoms with Crippen molar-refractivity contribution in [2.75, 3.05) is 19.6 Å². The molecule has 174 valence electrons. The Balaban J connectivity index is 1.41. The summed E-state index contributed by atoms with van der Waals surface area (Å²) in [5, 5.41) is 2.46. The third-order valence-corrected chi connectivity index (χ3v) is 7.07. The number of aryl methyl sites for hydroxylation is 1. The number of hydrogen-bond donors (Lipinski definition) is 1. The van der Waals surface area contributed by atoms with E-state index in [0.29, 0.717) is 32.5 Å². The summed E-state index contributed by atoms with van der Waals surface area (Å²) in [5.74, 6) is -3.32. The van der Waals surface area contributed by atoms with Crippen LogP contribution in [0.3, 0.4) is 0 Å². The molecule has 2 aromatic carbocycles. The molecule has 0 amide bonds. The highest BCUT2D eigenvalue weighted by atomic mass is 19.4. The summed E-state index contributed by atoms with van der Waals surface area (Å²) in [4.78, 5) is 2.13. The molecule has 2 saturated heterocycles. The van der Waals surface area contributed by atoms with Gasteiger partial charge in [0.2, 0.25) is 0 Å². The highest BCUT2D eigenvalue weighted by Crippen LogP contribution is 2.52. The summed E-state index contributed by atoms with van der Waals surface area (Å²) in [6.45, 7) is 3.84. The standard InChI is InChI=1S/C24H26F6N2/c1-16-13-18(17-5-3-2-4-6-17)7-8-19(16)14-32-11-9-22(10-12-32)15-31-21(22)20(23(25,26)27)24(28,29)30/h2-8,13,20-21,31H,9-12,14-15H2,1H3. The minimum absolute atomic E-state index is 0.207. The van der Waals surface area contributed by atoms with Gasteiger partial charge in [0, 0.05) is 24.5 Å². The predicted octanol–water partition coefficient (Wildman–Crippen LogP) is 5.96. The molecule has 2 aromatic rings. The van der Waals surface area contributed by atoms with Crippen molar-refractivity contribution in [3.63, 3.8) is 0 Å². The van der Waals surface area contributed by atoms with Crippen molar-refractivity contribution in [1.82, 2.24) is 10.2 Å². The normalized spacial score (nSPS) is 21.7. The number of nitrogens with one attached hydrogen (secondary N) is 1. The first-order valence-corrected chi connectivity index (χ1v) is 10.7. The third-order valence-electron chi connectivity index (χ3n) is 7.07. The van der Waals surface area contributed by atoms with E-state index in [1.165, 1.54) is 0 Å². The van der Waals surface area contributed by atoms with Gasteiger partial charge in [-0.25, -0.2) is 0 Å². The van der Waals surface area contributed by atoms with Crippen LogP contribution < -0.4 is 5.32 Å². The van der Waals surface area contributed by atoms with Crippen LogP contribution in [0.2, 0.25) is 0 Å². The van der Waals surface area contributed by atoms with E-state index in [2.05, 4.69) is 22.3 Å². The van der Waals surface area contributed by atoms with Crippen molar-refractivity contribution in [2.45, 2.75) is 44.7 Å². The molecule has 32 heavy (non-hydrogen) atoms. The fourth-order valence-electron chi connectivity index (χ4n) is 5.11. The molecule has 2 nitrogen and oxygen atoms in total. The summed E-state index contributed by atoms with van der Waals surface area (Å²) in [6, 6.07) is 14.6. The average molecular weight is 456 g/mol. The second kappa shape index (κ2) is 8.37. The summed E-state index contributed by atoms with van der Waals surface area (Å²) >= 11 is 0. The largest absolute Gasteiger partial charge is 0.402 e. The Morgan fingerprint density at radius 2 is 1.56 bits per heavy atom. The average Bonchev–Trinajstić information content (AvgIpc) is 2.72. The van der Waals surface area contributed by atoms with E-state index in [9.17, 15) is 26.3 Å². The minimum atomic E-state index is -5.31. The van der Waals surface area contributed by atoms with Gasteiger partial charge in [-0.2, -0.15) is 26.3 Å². The van der Waals surface area contributed by atoms with Crippen LogP contribution in [-0.2, 0) is 6.54 Å². The quantitative estimate of drug-likeness (QED) is 0.572. The summed E-state index contributed by atoms with van der Waals surface area (Å²) in [5.41, 5.74) is 3.52. The maximum Gasteiger partial charge on any atom is 0.402 e. The Morgan fingerprint density at radius 3 is 2.06 bits per heavy atom. The van der Waals surface area contributed by atoms with E-state index in [-0.39, 0.29) is 6.54 Å². The van der Waals surface area contributed by atoms with Gasteiger partial charge in [0.05, 0.1) is 0 Å². The van der Waals surface area contributed by atoms with Gasteiger partial charge in [-0.1, -0.05) is 48.5 Å². The Morgan fingerprint density at radius 1 is 0.938 bits per heavy atom. The highest BCUT2D eigenvalue weighted by molar-refractivity contribution is 5.64. The Bertz CT molecular complexity index is 916. The topological polar surface area (TPSA) is 15.3 Å². The molecule has 1 unspecified atom stereocenters. The summed E-state index contributed by atoms with van der Waals surface area (Å²) < 4.78 is 79.3. The van der Waals surface area contributed by atoms with E-state index in [1.807, 2.05) is 43.3 Å². The first-order valence-electron chi connectivity index (χ1n) is 10.7. The lowest BCUT2D eigenvalue weighted by Gasteiger charge is -2.57. The van der Waals surface area contributed by atoms with Crippen molar-refractivity contribution < 1.29 is 26.3 Å². The zero-order valence-electron chi connectivity index (χ0n) is 17.7. The summed E-state index contributed by atoms with van der Waals surface area (Å²) in [6.07, 6.45) is -9.96. The minimum Gasteiger partial charge on any atom is -0.312 e. The number of benzene rings is 2. The lowest BCUT2D eigenvalue weighted by atomic mass is 9.62. The van der Waals surface area contributed by atoms with Gasteiger partial charge in [-0.3, -0.25) is 4.90 Å². The van der Waals surface area contributed by atoms with E-state index in [1.54, 1.807) is 0 Å². The van der Waals surface area contributed by atoms with Crippen LogP contribution in [0, 0.1) is 18.3 Å². The van der Waals surface area contributed by atoms with Crippen LogP contribution in [0.1, 0.15) is 24.0 Å². The molecule has 2 aliphatic heterocycles. The van der Waals surface area contributed by atoms with Gasteiger partial charge >= 0.3 is 12.4 Å². The molecule has 8 heteroatoms. The third kappa shape index (κ3) is 4.53. The second-order valence-electron chi connectivity index (χ2n) is 9.07. The number of alkyl halides is 6. The molecular weight excluding hydrogens is 430 g/mol. The van der Waals surface area contributed by atoms with Crippen molar-refractivity contribution in [2.24, 2.45) is 11.3 Å². The predicted molar refractivity (Wildman–Crippen MR) is 111 cm³/mol. The molecule has 4 rings (SSSR count). The maximum absolute atomic E-state index is 13.2. The lowest BCUT2D eigenvalue weighted by molar-refractivity contribution is -0.309.